The molecule has 0 aromatic carbocycles. The number of carbonyl (C=O) groups excluding carboxylic acids is 1. The first kappa shape index (κ1) is 18.5. The molecule has 0 saturated carbocycles. The molecule has 6 heteroatoms. The molecule has 1 amide bonds. The summed E-state index contributed by atoms with van der Waals surface area (Å²) in [4.78, 5) is 15.4. The topological polar surface area (TPSA) is 68.0 Å². The molecule has 0 bridgehead atoms. The molecule has 1 aromatic heterocycles. The first-order valence-corrected chi connectivity index (χ1v) is 5.05. The monoisotopic (exact) mass is 279 g/mol. The van der Waals surface area contributed by atoms with Gasteiger partial charge in [0.25, 0.3) is 0 Å². The van der Waals surface area contributed by atoms with Gasteiger partial charge >= 0.3 is 0 Å². The first-order valence-electron chi connectivity index (χ1n) is 5.05. The van der Waals surface area contributed by atoms with E-state index < -0.39 is 0 Å². The van der Waals surface area contributed by atoms with E-state index in [0.29, 0.717) is 12.8 Å². The van der Waals surface area contributed by atoms with Crippen molar-refractivity contribution in [1.29, 1.82) is 0 Å². The van der Waals surface area contributed by atoms with Gasteiger partial charge in [-0.15, -0.1) is 24.8 Å². The fourth-order valence-electron chi connectivity index (χ4n) is 1.21. The molecule has 1 aromatic rings. The average molecular weight is 280 g/mol. The number of nitrogens with two attached hydrogens (primary N) is 1. The van der Waals surface area contributed by atoms with Gasteiger partial charge in [-0.1, -0.05) is 0 Å². The molecule has 0 spiro atoms. The van der Waals surface area contributed by atoms with Crippen molar-refractivity contribution in [3.05, 3.63) is 24.0 Å². The van der Waals surface area contributed by atoms with E-state index in [-0.39, 0.29) is 36.8 Å². The number of anilines is 1. The minimum atomic E-state index is -0.0142. The van der Waals surface area contributed by atoms with Gasteiger partial charge in [0.2, 0.25) is 5.91 Å². The highest BCUT2D eigenvalue weighted by atomic mass is 35.5. The zero-order chi connectivity index (χ0) is 11.3. The highest BCUT2D eigenvalue weighted by molar-refractivity contribution is 5.90. The maximum atomic E-state index is 11.4. The van der Waals surface area contributed by atoms with E-state index in [1.165, 1.54) is 0 Å². The average Bonchev–Trinajstić information content (AvgIpc) is 2.15. The van der Waals surface area contributed by atoms with Gasteiger partial charge in [-0.3, -0.25) is 9.78 Å². The van der Waals surface area contributed by atoms with E-state index in [1.807, 2.05) is 19.9 Å². The molecule has 0 fully saturated rings. The number of rotatable bonds is 4. The van der Waals surface area contributed by atoms with E-state index in [0.717, 1.165) is 11.3 Å². The summed E-state index contributed by atoms with van der Waals surface area (Å²) in [5, 5.41) is 2.78. The summed E-state index contributed by atoms with van der Waals surface area (Å²) >= 11 is 0. The Morgan fingerprint density at radius 2 is 2.12 bits per heavy atom. The molecule has 0 aliphatic heterocycles. The molecule has 1 unspecified atom stereocenters. The highest BCUT2D eigenvalue weighted by Gasteiger charge is 2.04. The number of hydrogen-bond acceptors (Lipinski definition) is 3. The summed E-state index contributed by atoms with van der Waals surface area (Å²) < 4.78 is 0. The van der Waals surface area contributed by atoms with Crippen LogP contribution in [0.25, 0.3) is 0 Å². The Balaban J connectivity index is 0. The summed E-state index contributed by atoms with van der Waals surface area (Å²) in [7, 11) is 0. The Morgan fingerprint density at radius 1 is 1.47 bits per heavy atom. The number of halogens is 2. The van der Waals surface area contributed by atoms with Crippen LogP contribution in [0.1, 0.15) is 25.3 Å². The molecule has 0 aliphatic rings. The third-order valence-electron chi connectivity index (χ3n) is 1.99. The maximum absolute atomic E-state index is 11.4. The van der Waals surface area contributed by atoms with Crippen molar-refractivity contribution >= 4 is 36.4 Å². The number of carbonyl (C=O) groups is 1. The van der Waals surface area contributed by atoms with Crippen LogP contribution in [-0.2, 0) is 4.79 Å². The molecular weight excluding hydrogens is 261 g/mol. The van der Waals surface area contributed by atoms with E-state index >= 15 is 0 Å². The summed E-state index contributed by atoms with van der Waals surface area (Å²) in [6.07, 6.45) is 4.53. The van der Waals surface area contributed by atoms with Crippen molar-refractivity contribution in [3.8, 4) is 0 Å². The van der Waals surface area contributed by atoms with Crippen LogP contribution >= 0.6 is 24.8 Å². The number of hydrogen-bond donors (Lipinski definition) is 2. The Hall–Kier alpha value is -0.840. The fraction of sp³-hybridized carbons (Fsp3) is 0.455. The van der Waals surface area contributed by atoms with Crippen LogP contribution in [0.15, 0.2) is 18.5 Å². The lowest BCUT2D eigenvalue weighted by Gasteiger charge is -2.06. The van der Waals surface area contributed by atoms with Crippen LogP contribution in [0.5, 0.6) is 0 Å². The SMILES string of the molecule is Cc1cncc(NC(=O)CCC(C)N)c1.Cl.Cl. The van der Waals surface area contributed by atoms with Gasteiger partial charge in [0.15, 0.2) is 0 Å². The lowest BCUT2D eigenvalue weighted by Crippen LogP contribution is -2.19. The van der Waals surface area contributed by atoms with Crippen molar-refractivity contribution in [2.45, 2.75) is 32.7 Å². The van der Waals surface area contributed by atoms with E-state index in [2.05, 4.69) is 10.3 Å². The maximum Gasteiger partial charge on any atom is 0.224 e. The molecule has 98 valence electrons. The summed E-state index contributed by atoms with van der Waals surface area (Å²) in [5.41, 5.74) is 7.33. The molecule has 0 radical (unpaired) electrons. The summed E-state index contributed by atoms with van der Waals surface area (Å²) in [6, 6.07) is 1.95. The van der Waals surface area contributed by atoms with Crippen LogP contribution in [-0.4, -0.2) is 16.9 Å². The molecule has 3 N–H and O–H groups in total. The van der Waals surface area contributed by atoms with Crippen molar-refractivity contribution in [2.75, 3.05) is 5.32 Å². The van der Waals surface area contributed by atoms with Gasteiger partial charge in [-0.2, -0.15) is 0 Å². The van der Waals surface area contributed by atoms with Crippen molar-refractivity contribution in [3.63, 3.8) is 0 Å². The molecular formula is C11H19Cl2N3O. The summed E-state index contributed by atoms with van der Waals surface area (Å²) in [5.74, 6) is -0.0142. The van der Waals surface area contributed by atoms with Crippen LogP contribution in [0.4, 0.5) is 5.69 Å². The summed E-state index contributed by atoms with van der Waals surface area (Å²) in [6.45, 7) is 3.83. The minimum absolute atomic E-state index is 0. The van der Waals surface area contributed by atoms with E-state index in [4.69, 9.17) is 5.73 Å². The lowest BCUT2D eigenvalue weighted by atomic mass is 10.2. The Morgan fingerprint density at radius 3 is 2.65 bits per heavy atom. The Labute approximate surface area is 114 Å². The molecule has 17 heavy (non-hydrogen) atoms. The zero-order valence-corrected chi connectivity index (χ0v) is 11.6. The van der Waals surface area contributed by atoms with Gasteiger partial charge in [-0.25, -0.2) is 0 Å². The number of amides is 1. The number of pyridine rings is 1. The van der Waals surface area contributed by atoms with Gasteiger partial charge in [0.05, 0.1) is 11.9 Å². The Kier molecular flexibility index (Phi) is 10.0. The molecule has 1 atom stereocenters. The quantitative estimate of drug-likeness (QED) is 0.889. The smallest absolute Gasteiger partial charge is 0.224 e. The Bertz CT molecular complexity index is 345. The first-order chi connectivity index (χ1) is 7.08. The third kappa shape index (κ3) is 7.96. The van der Waals surface area contributed by atoms with E-state index in [1.54, 1.807) is 12.4 Å². The van der Waals surface area contributed by atoms with Crippen LogP contribution in [0.3, 0.4) is 0 Å². The molecule has 4 nitrogen and oxygen atoms in total. The van der Waals surface area contributed by atoms with Crippen molar-refractivity contribution in [1.82, 2.24) is 4.98 Å². The van der Waals surface area contributed by atoms with Gasteiger partial charge in [-0.05, 0) is 31.9 Å². The lowest BCUT2D eigenvalue weighted by molar-refractivity contribution is -0.116. The second-order valence-corrected chi connectivity index (χ2v) is 3.82. The fourth-order valence-corrected chi connectivity index (χ4v) is 1.21. The second-order valence-electron chi connectivity index (χ2n) is 3.82. The normalized spacial score (nSPS) is 10.8. The predicted octanol–water partition coefficient (Wildman–Crippen LogP) is 2.30. The highest BCUT2D eigenvalue weighted by Crippen LogP contribution is 2.08. The predicted molar refractivity (Wildman–Crippen MR) is 75.0 cm³/mol. The molecule has 1 heterocycles. The van der Waals surface area contributed by atoms with Crippen LogP contribution in [0.2, 0.25) is 0 Å². The van der Waals surface area contributed by atoms with Crippen LogP contribution < -0.4 is 11.1 Å². The molecule has 0 aliphatic carbocycles. The van der Waals surface area contributed by atoms with Gasteiger partial charge in [0, 0.05) is 18.7 Å². The third-order valence-corrected chi connectivity index (χ3v) is 1.99. The number of nitrogens with one attached hydrogen (secondary N) is 1. The van der Waals surface area contributed by atoms with Crippen molar-refractivity contribution in [2.24, 2.45) is 5.73 Å². The van der Waals surface area contributed by atoms with Crippen molar-refractivity contribution < 1.29 is 4.79 Å². The number of aromatic nitrogens is 1. The van der Waals surface area contributed by atoms with Gasteiger partial charge < -0.3 is 11.1 Å². The van der Waals surface area contributed by atoms with E-state index in [9.17, 15) is 4.79 Å². The molecule has 1 rings (SSSR count). The minimum Gasteiger partial charge on any atom is -0.328 e. The number of aryl methyl sites for hydroxylation is 1. The number of nitrogens with zero attached hydrogens (tertiary/aromatic N) is 1. The van der Waals surface area contributed by atoms with Crippen LogP contribution in [0, 0.1) is 6.92 Å². The zero-order valence-electron chi connectivity index (χ0n) is 9.97. The molecule has 0 saturated heterocycles. The standard InChI is InChI=1S/C11H17N3O.2ClH/c1-8-5-10(7-13-6-8)14-11(15)4-3-9(2)12;;/h5-7,9H,3-4,12H2,1-2H3,(H,14,15);2*1H. The second kappa shape index (κ2) is 9.22. The van der Waals surface area contributed by atoms with Gasteiger partial charge in [0.1, 0.15) is 0 Å². The largest absolute Gasteiger partial charge is 0.328 e.